The van der Waals surface area contributed by atoms with Crippen LogP contribution in [0.2, 0.25) is 0 Å². The number of aliphatic hydroxyl groups is 1. The number of aliphatic hydroxyl groups excluding tert-OH is 1. The molecule has 1 saturated heterocycles. The van der Waals surface area contributed by atoms with Gasteiger partial charge in [0, 0.05) is 12.7 Å². The summed E-state index contributed by atoms with van der Waals surface area (Å²) in [4.78, 5) is 7.15. The molecular weight excluding hydrogens is 286 g/mol. The van der Waals surface area contributed by atoms with Crippen molar-refractivity contribution in [3.63, 3.8) is 0 Å². The lowest BCUT2D eigenvalue weighted by atomic mass is 9.87. The SMILES string of the molecule is Cc1nc2ccccn2c1CN1CCC([C@H](O)CC(C)C)CC1. The van der Waals surface area contributed by atoms with Crippen LogP contribution in [0.1, 0.15) is 44.5 Å². The maximum absolute atomic E-state index is 10.3. The van der Waals surface area contributed by atoms with Crippen LogP contribution in [0.15, 0.2) is 24.4 Å². The third-order valence-corrected chi connectivity index (χ3v) is 5.09. The second-order valence-corrected chi connectivity index (χ2v) is 7.38. The molecule has 1 aliphatic rings. The Balaban J connectivity index is 1.61. The van der Waals surface area contributed by atoms with Gasteiger partial charge in [-0.3, -0.25) is 4.90 Å². The second kappa shape index (κ2) is 7.02. The van der Waals surface area contributed by atoms with E-state index >= 15 is 0 Å². The largest absolute Gasteiger partial charge is 0.393 e. The van der Waals surface area contributed by atoms with Crippen molar-refractivity contribution in [1.82, 2.24) is 14.3 Å². The molecule has 0 aromatic carbocycles. The first-order valence-electron chi connectivity index (χ1n) is 8.87. The van der Waals surface area contributed by atoms with Gasteiger partial charge in [0.1, 0.15) is 5.65 Å². The van der Waals surface area contributed by atoms with E-state index in [2.05, 4.69) is 53.4 Å². The number of likely N-dealkylation sites (tertiary alicyclic amines) is 1. The zero-order chi connectivity index (χ0) is 16.4. The first kappa shape index (κ1) is 16.5. The number of hydrogen-bond acceptors (Lipinski definition) is 3. The van der Waals surface area contributed by atoms with E-state index in [1.165, 1.54) is 5.69 Å². The highest BCUT2D eigenvalue weighted by Gasteiger charge is 2.26. The predicted octanol–water partition coefficient (Wildman–Crippen LogP) is 3.26. The van der Waals surface area contributed by atoms with Crippen molar-refractivity contribution in [3.05, 3.63) is 35.8 Å². The van der Waals surface area contributed by atoms with Gasteiger partial charge >= 0.3 is 0 Å². The quantitative estimate of drug-likeness (QED) is 0.920. The summed E-state index contributed by atoms with van der Waals surface area (Å²) >= 11 is 0. The van der Waals surface area contributed by atoms with Crippen LogP contribution in [-0.4, -0.2) is 38.6 Å². The van der Waals surface area contributed by atoms with Crippen molar-refractivity contribution in [2.24, 2.45) is 11.8 Å². The normalized spacial score (nSPS) is 18.8. The summed E-state index contributed by atoms with van der Waals surface area (Å²) in [7, 11) is 0. The van der Waals surface area contributed by atoms with Crippen LogP contribution in [0.25, 0.3) is 5.65 Å². The summed E-state index contributed by atoms with van der Waals surface area (Å²) in [6.07, 6.45) is 5.10. The van der Waals surface area contributed by atoms with Crippen LogP contribution in [0.3, 0.4) is 0 Å². The summed E-state index contributed by atoms with van der Waals surface area (Å²) < 4.78 is 2.20. The summed E-state index contributed by atoms with van der Waals surface area (Å²) in [5.74, 6) is 1.04. The molecular formula is C19H29N3O. The first-order valence-corrected chi connectivity index (χ1v) is 8.87. The number of aryl methyl sites for hydroxylation is 1. The van der Waals surface area contributed by atoms with Crippen molar-refractivity contribution < 1.29 is 5.11 Å². The zero-order valence-corrected chi connectivity index (χ0v) is 14.6. The molecule has 3 heterocycles. The molecule has 1 aliphatic heterocycles. The number of hydrogen-bond donors (Lipinski definition) is 1. The van der Waals surface area contributed by atoms with Gasteiger partial charge in [0.15, 0.2) is 0 Å². The zero-order valence-electron chi connectivity index (χ0n) is 14.6. The number of aromatic nitrogens is 2. The fraction of sp³-hybridized carbons (Fsp3) is 0.632. The van der Waals surface area contributed by atoms with Gasteiger partial charge in [-0.25, -0.2) is 4.98 Å². The van der Waals surface area contributed by atoms with Crippen molar-refractivity contribution in [2.45, 2.75) is 52.7 Å². The van der Waals surface area contributed by atoms with Gasteiger partial charge in [-0.2, -0.15) is 0 Å². The highest BCUT2D eigenvalue weighted by Crippen LogP contribution is 2.26. The molecule has 0 radical (unpaired) electrons. The van der Waals surface area contributed by atoms with Gasteiger partial charge in [0.25, 0.3) is 0 Å². The molecule has 23 heavy (non-hydrogen) atoms. The van der Waals surface area contributed by atoms with Crippen LogP contribution in [-0.2, 0) is 6.54 Å². The number of fused-ring (bicyclic) bond motifs is 1. The van der Waals surface area contributed by atoms with Crippen molar-refractivity contribution in [1.29, 1.82) is 0 Å². The fourth-order valence-corrected chi connectivity index (χ4v) is 3.74. The number of pyridine rings is 1. The van der Waals surface area contributed by atoms with E-state index in [9.17, 15) is 5.11 Å². The monoisotopic (exact) mass is 315 g/mol. The van der Waals surface area contributed by atoms with Crippen molar-refractivity contribution in [2.75, 3.05) is 13.1 Å². The average molecular weight is 315 g/mol. The van der Waals surface area contributed by atoms with Gasteiger partial charge in [0.05, 0.1) is 17.5 Å². The minimum atomic E-state index is -0.130. The van der Waals surface area contributed by atoms with Crippen LogP contribution >= 0.6 is 0 Å². The van der Waals surface area contributed by atoms with Gasteiger partial charge in [0.2, 0.25) is 0 Å². The lowest BCUT2D eigenvalue weighted by molar-refractivity contribution is 0.0433. The Kier molecular flexibility index (Phi) is 5.02. The van der Waals surface area contributed by atoms with E-state index in [0.717, 1.165) is 50.2 Å². The third kappa shape index (κ3) is 3.75. The molecule has 0 amide bonds. The molecule has 0 saturated carbocycles. The summed E-state index contributed by atoms with van der Waals surface area (Å²) in [5, 5.41) is 10.3. The predicted molar refractivity (Wildman–Crippen MR) is 93.4 cm³/mol. The number of nitrogens with zero attached hydrogens (tertiary/aromatic N) is 3. The number of rotatable bonds is 5. The lowest BCUT2D eigenvalue weighted by Crippen LogP contribution is -2.38. The molecule has 4 nitrogen and oxygen atoms in total. The lowest BCUT2D eigenvalue weighted by Gasteiger charge is -2.34. The highest BCUT2D eigenvalue weighted by molar-refractivity contribution is 5.42. The maximum atomic E-state index is 10.3. The Hall–Kier alpha value is -1.39. The minimum absolute atomic E-state index is 0.130. The van der Waals surface area contributed by atoms with E-state index in [0.29, 0.717) is 11.8 Å². The second-order valence-electron chi connectivity index (χ2n) is 7.38. The van der Waals surface area contributed by atoms with Crippen LogP contribution in [0, 0.1) is 18.8 Å². The van der Waals surface area contributed by atoms with E-state index < -0.39 is 0 Å². The topological polar surface area (TPSA) is 40.8 Å². The van der Waals surface area contributed by atoms with E-state index in [1.54, 1.807) is 0 Å². The van der Waals surface area contributed by atoms with E-state index in [-0.39, 0.29) is 6.10 Å². The number of imidazole rings is 1. The Morgan fingerprint density at radius 2 is 2.00 bits per heavy atom. The molecule has 2 aromatic heterocycles. The smallest absolute Gasteiger partial charge is 0.137 e. The Labute approximate surface area is 139 Å². The Morgan fingerprint density at radius 3 is 2.70 bits per heavy atom. The molecule has 2 aromatic rings. The Morgan fingerprint density at radius 1 is 1.26 bits per heavy atom. The maximum Gasteiger partial charge on any atom is 0.137 e. The summed E-state index contributed by atoms with van der Waals surface area (Å²) in [6, 6.07) is 6.16. The summed E-state index contributed by atoms with van der Waals surface area (Å²) in [5.41, 5.74) is 3.45. The van der Waals surface area contributed by atoms with E-state index in [1.807, 2.05) is 6.07 Å². The van der Waals surface area contributed by atoms with Crippen LogP contribution in [0.4, 0.5) is 0 Å². The first-order chi connectivity index (χ1) is 11.0. The molecule has 4 heteroatoms. The fourth-order valence-electron chi connectivity index (χ4n) is 3.74. The molecule has 0 unspecified atom stereocenters. The highest BCUT2D eigenvalue weighted by atomic mass is 16.3. The Bertz CT molecular complexity index is 641. The third-order valence-electron chi connectivity index (χ3n) is 5.09. The molecule has 3 rings (SSSR count). The van der Waals surface area contributed by atoms with Crippen molar-refractivity contribution in [3.8, 4) is 0 Å². The van der Waals surface area contributed by atoms with Gasteiger partial charge in [-0.1, -0.05) is 19.9 Å². The van der Waals surface area contributed by atoms with Gasteiger partial charge in [-0.15, -0.1) is 0 Å². The summed E-state index contributed by atoms with van der Waals surface area (Å²) in [6.45, 7) is 9.56. The van der Waals surface area contributed by atoms with Crippen LogP contribution < -0.4 is 0 Å². The molecule has 1 atom stereocenters. The van der Waals surface area contributed by atoms with Crippen molar-refractivity contribution >= 4 is 5.65 Å². The molecule has 1 N–H and O–H groups in total. The minimum Gasteiger partial charge on any atom is -0.393 e. The molecule has 0 aliphatic carbocycles. The average Bonchev–Trinajstić information content (AvgIpc) is 2.83. The molecule has 126 valence electrons. The number of piperidine rings is 1. The standard InChI is InChI=1S/C19H29N3O/c1-14(2)12-18(23)16-7-10-21(11-8-16)13-17-15(3)20-19-6-4-5-9-22(17)19/h4-6,9,14,16,18,23H,7-8,10-13H2,1-3H3/t18-/m1/s1. The molecule has 0 spiro atoms. The van der Waals surface area contributed by atoms with E-state index in [4.69, 9.17) is 0 Å². The molecule has 1 fully saturated rings. The molecule has 0 bridgehead atoms. The van der Waals surface area contributed by atoms with Gasteiger partial charge < -0.3 is 9.51 Å². The van der Waals surface area contributed by atoms with Crippen LogP contribution in [0.5, 0.6) is 0 Å². The van der Waals surface area contributed by atoms with Gasteiger partial charge in [-0.05, 0) is 63.2 Å².